The summed E-state index contributed by atoms with van der Waals surface area (Å²) in [6, 6.07) is 13.6. The Morgan fingerprint density at radius 2 is 1.96 bits per heavy atom. The molecule has 2 amide bonds. The van der Waals surface area contributed by atoms with Gasteiger partial charge in [-0.3, -0.25) is 4.98 Å². The largest absolute Gasteiger partial charge is 0.468 e. The van der Waals surface area contributed by atoms with E-state index in [2.05, 4.69) is 22.5 Å². The first-order chi connectivity index (χ1) is 12.2. The number of hydrogen-bond donors (Lipinski definition) is 2. The van der Waals surface area contributed by atoms with Crippen LogP contribution in [0.1, 0.15) is 18.4 Å². The lowest BCUT2D eigenvalue weighted by atomic mass is 9.99. The van der Waals surface area contributed by atoms with Crippen LogP contribution in [0.15, 0.2) is 54.9 Å². The van der Waals surface area contributed by atoms with Crippen molar-refractivity contribution in [2.24, 2.45) is 0 Å². The molecule has 0 bridgehead atoms. The normalized spacial score (nSPS) is 16.8. The number of piperazine rings is 1. The van der Waals surface area contributed by atoms with Crippen molar-refractivity contribution in [3.63, 3.8) is 0 Å². The molecule has 3 rings (SSSR count). The molecule has 6 nitrogen and oxygen atoms in total. The molecule has 0 spiro atoms. The van der Waals surface area contributed by atoms with Crippen LogP contribution in [-0.2, 0) is 0 Å². The number of rotatable bonds is 5. The van der Waals surface area contributed by atoms with Crippen LogP contribution >= 0.6 is 0 Å². The second kappa shape index (κ2) is 8.48. The lowest BCUT2D eigenvalue weighted by Gasteiger charge is -2.32. The van der Waals surface area contributed by atoms with Crippen molar-refractivity contribution in [3.05, 3.63) is 60.4 Å². The zero-order chi connectivity index (χ0) is 17.5. The zero-order valence-corrected chi connectivity index (χ0v) is 14.4. The molecule has 0 aliphatic carbocycles. The van der Waals surface area contributed by atoms with Gasteiger partial charge in [0.15, 0.2) is 6.23 Å². The highest BCUT2D eigenvalue weighted by atomic mass is 16.5. The molecule has 132 valence electrons. The third-order valence-electron chi connectivity index (χ3n) is 4.35. The van der Waals surface area contributed by atoms with Gasteiger partial charge in [0.2, 0.25) is 0 Å². The first-order valence-electron chi connectivity index (χ1n) is 8.62. The van der Waals surface area contributed by atoms with Crippen molar-refractivity contribution >= 4 is 6.03 Å². The summed E-state index contributed by atoms with van der Waals surface area (Å²) in [4.78, 5) is 18.5. The topological polar surface area (TPSA) is 66.5 Å². The van der Waals surface area contributed by atoms with Gasteiger partial charge in [-0.2, -0.15) is 0 Å². The Labute approximate surface area is 148 Å². The number of pyridine rings is 1. The van der Waals surface area contributed by atoms with Crippen LogP contribution in [-0.4, -0.2) is 48.3 Å². The Bertz CT molecular complexity index is 660. The first kappa shape index (κ1) is 17.2. The van der Waals surface area contributed by atoms with Crippen molar-refractivity contribution in [1.82, 2.24) is 20.5 Å². The second-order valence-electron chi connectivity index (χ2n) is 6.11. The summed E-state index contributed by atoms with van der Waals surface area (Å²) in [6.07, 6.45) is 2.87. The molecule has 2 aromatic rings. The van der Waals surface area contributed by atoms with Crippen LogP contribution in [0.5, 0.6) is 5.75 Å². The highest BCUT2D eigenvalue weighted by Crippen LogP contribution is 2.22. The van der Waals surface area contributed by atoms with Crippen molar-refractivity contribution in [2.45, 2.75) is 19.1 Å². The third kappa shape index (κ3) is 4.70. The van der Waals surface area contributed by atoms with Gasteiger partial charge in [0.25, 0.3) is 0 Å². The number of benzene rings is 1. The van der Waals surface area contributed by atoms with Gasteiger partial charge in [0.05, 0.1) is 6.20 Å². The maximum Gasteiger partial charge on any atom is 0.320 e. The fourth-order valence-electron chi connectivity index (χ4n) is 2.83. The van der Waals surface area contributed by atoms with Gasteiger partial charge in [-0.05, 0) is 17.7 Å². The smallest absolute Gasteiger partial charge is 0.320 e. The van der Waals surface area contributed by atoms with Gasteiger partial charge in [-0.15, -0.1) is 0 Å². The summed E-state index contributed by atoms with van der Waals surface area (Å²) in [5.41, 5.74) is 1.11. The van der Waals surface area contributed by atoms with Crippen LogP contribution in [0.4, 0.5) is 4.79 Å². The van der Waals surface area contributed by atoms with E-state index in [1.165, 1.54) is 0 Å². The van der Waals surface area contributed by atoms with Gasteiger partial charge >= 0.3 is 6.03 Å². The Morgan fingerprint density at radius 3 is 2.64 bits per heavy atom. The summed E-state index contributed by atoms with van der Waals surface area (Å²) in [6.45, 7) is 5.08. The van der Waals surface area contributed by atoms with Gasteiger partial charge < -0.3 is 20.3 Å². The predicted octanol–water partition coefficient (Wildman–Crippen LogP) is 2.21. The van der Waals surface area contributed by atoms with Gasteiger partial charge in [-0.25, -0.2) is 4.79 Å². The van der Waals surface area contributed by atoms with Crippen LogP contribution in [0.2, 0.25) is 0 Å². The molecule has 1 fully saturated rings. The first-order valence-corrected chi connectivity index (χ1v) is 8.62. The summed E-state index contributed by atoms with van der Waals surface area (Å²) in [5, 5.41) is 6.29. The number of nitrogens with one attached hydrogen (secondary N) is 2. The molecule has 2 N–H and O–H groups in total. The van der Waals surface area contributed by atoms with E-state index in [0.717, 1.165) is 18.7 Å². The second-order valence-corrected chi connectivity index (χ2v) is 6.11. The number of aromatic nitrogens is 1. The number of urea groups is 1. The number of ether oxygens (including phenoxy) is 1. The lowest BCUT2D eigenvalue weighted by molar-refractivity contribution is 0.124. The van der Waals surface area contributed by atoms with Crippen LogP contribution in [0, 0.1) is 0 Å². The van der Waals surface area contributed by atoms with E-state index in [0.29, 0.717) is 18.8 Å². The summed E-state index contributed by atoms with van der Waals surface area (Å²) < 4.78 is 6.06. The van der Waals surface area contributed by atoms with E-state index in [4.69, 9.17) is 4.74 Å². The number of amides is 2. The monoisotopic (exact) mass is 340 g/mol. The highest BCUT2D eigenvalue weighted by Gasteiger charge is 2.26. The minimum Gasteiger partial charge on any atom is -0.468 e. The zero-order valence-electron chi connectivity index (χ0n) is 14.4. The Hall–Kier alpha value is -2.60. The number of hydrogen-bond acceptors (Lipinski definition) is 4. The van der Waals surface area contributed by atoms with Crippen molar-refractivity contribution in [3.8, 4) is 5.75 Å². The Kier molecular flexibility index (Phi) is 5.85. The third-order valence-corrected chi connectivity index (χ3v) is 4.35. The van der Waals surface area contributed by atoms with E-state index >= 15 is 0 Å². The minimum atomic E-state index is -0.478. The summed E-state index contributed by atoms with van der Waals surface area (Å²) >= 11 is 0. The average molecular weight is 340 g/mol. The van der Waals surface area contributed by atoms with Crippen molar-refractivity contribution in [2.75, 3.05) is 26.2 Å². The molecule has 0 saturated carbocycles. The van der Waals surface area contributed by atoms with E-state index in [1.807, 2.05) is 47.4 Å². The Morgan fingerprint density at radius 1 is 1.20 bits per heavy atom. The maximum atomic E-state index is 12.6. The summed E-state index contributed by atoms with van der Waals surface area (Å²) in [5.74, 6) is 0.629. The molecular weight excluding hydrogens is 316 g/mol. The molecule has 0 radical (unpaired) electrons. The minimum absolute atomic E-state index is 0.00623. The molecule has 1 aliphatic heterocycles. The summed E-state index contributed by atoms with van der Waals surface area (Å²) in [7, 11) is 0. The van der Waals surface area contributed by atoms with Crippen LogP contribution in [0.3, 0.4) is 0 Å². The standard InChI is InChI=1S/C19H24N4O2/c1-15(16-6-3-2-4-7-16)18(25-17-8-5-9-21-14-17)22-19(24)23-12-10-20-11-13-23/h2-9,14-15,18,20H,10-13H2,1H3,(H,22,24)/t15-,18?/m0/s1. The van der Waals surface area contributed by atoms with Gasteiger partial charge in [-0.1, -0.05) is 37.3 Å². The lowest BCUT2D eigenvalue weighted by Crippen LogP contribution is -2.54. The fourth-order valence-corrected chi connectivity index (χ4v) is 2.83. The molecule has 1 aromatic carbocycles. The molecule has 2 atom stereocenters. The van der Waals surface area contributed by atoms with Gasteiger partial charge in [0.1, 0.15) is 5.75 Å². The molecule has 2 heterocycles. The van der Waals surface area contributed by atoms with Crippen molar-refractivity contribution < 1.29 is 9.53 Å². The molecule has 1 aliphatic rings. The van der Waals surface area contributed by atoms with Gasteiger partial charge in [0, 0.05) is 38.3 Å². The molecule has 1 aromatic heterocycles. The van der Waals surface area contributed by atoms with E-state index < -0.39 is 6.23 Å². The Balaban J connectivity index is 1.74. The average Bonchev–Trinajstić information content (AvgIpc) is 2.69. The van der Waals surface area contributed by atoms with Crippen LogP contribution < -0.4 is 15.4 Å². The van der Waals surface area contributed by atoms with E-state index in [-0.39, 0.29) is 11.9 Å². The van der Waals surface area contributed by atoms with Crippen molar-refractivity contribution in [1.29, 1.82) is 0 Å². The molecule has 1 saturated heterocycles. The fraction of sp³-hybridized carbons (Fsp3) is 0.368. The maximum absolute atomic E-state index is 12.6. The number of nitrogens with zero attached hydrogens (tertiary/aromatic N) is 2. The molecular formula is C19H24N4O2. The van der Waals surface area contributed by atoms with E-state index in [1.54, 1.807) is 12.4 Å². The van der Waals surface area contributed by atoms with Crippen LogP contribution in [0.25, 0.3) is 0 Å². The number of carbonyl (C=O) groups excluding carboxylic acids is 1. The SMILES string of the molecule is C[C@@H](c1ccccc1)C(NC(=O)N1CCNCC1)Oc1cccnc1. The number of carbonyl (C=O) groups is 1. The predicted molar refractivity (Wildman–Crippen MR) is 96.5 cm³/mol. The molecule has 6 heteroatoms. The molecule has 1 unspecified atom stereocenters. The quantitative estimate of drug-likeness (QED) is 0.819. The molecule has 25 heavy (non-hydrogen) atoms. The van der Waals surface area contributed by atoms with E-state index in [9.17, 15) is 4.79 Å². The highest BCUT2D eigenvalue weighted by molar-refractivity contribution is 5.74.